The molecule has 0 atom stereocenters. The molecule has 0 aliphatic rings. The fourth-order valence-electron chi connectivity index (χ4n) is 2.65. The molecule has 0 bridgehead atoms. The number of nitrogens with one attached hydrogen (secondary N) is 3. The quantitative estimate of drug-likeness (QED) is 0.323. The maximum atomic E-state index is 11.4. The molecule has 1 aromatic rings. The van der Waals surface area contributed by atoms with Crippen molar-refractivity contribution in [2.75, 3.05) is 44.4 Å². The van der Waals surface area contributed by atoms with Crippen LogP contribution in [0, 0.1) is 0 Å². The molecular weight excluding hydrogens is 350 g/mol. The number of anilines is 1. The Morgan fingerprint density at radius 1 is 1.19 bits per heavy atom. The van der Waals surface area contributed by atoms with Gasteiger partial charge in [0.1, 0.15) is 0 Å². The molecule has 1 aromatic carbocycles. The van der Waals surface area contributed by atoms with Gasteiger partial charge in [0.25, 0.3) is 0 Å². The third kappa shape index (κ3) is 9.05. The van der Waals surface area contributed by atoms with Crippen molar-refractivity contribution in [3.63, 3.8) is 0 Å². The molecule has 26 heavy (non-hydrogen) atoms. The first kappa shape index (κ1) is 22.2. The number of rotatable bonds is 10. The number of benzene rings is 1. The van der Waals surface area contributed by atoms with Crippen LogP contribution in [0.5, 0.6) is 0 Å². The van der Waals surface area contributed by atoms with Crippen LogP contribution < -0.4 is 20.3 Å². The summed E-state index contributed by atoms with van der Waals surface area (Å²) in [4.78, 5) is 6.52. The number of hydrogen-bond acceptors (Lipinski definition) is 4. The van der Waals surface area contributed by atoms with Gasteiger partial charge in [-0.2, -0.15) is 0 Å². The smallest absolute Gasteiger partial charge is 0.209 e. The Kier molecular flexibility index (Phi) is 8.87. The SMILES string of the molecule is CCN(CCCNC(=NC)NCC(C)(C)NS(C)(=O)=O)c1ccccc1. The highest BCUT2D eigenvalue weighted by Crippen LogP contribution is 2.12. The Morgan fingerprint density at radius 3 is 2.38 bits per heavy atom. The number of nitrogens with zero attached hydrogens (tertiary/aromatic N) is 2. The molecule has 0 radical (unpaired) electrons. The van der Waals surface area contributed by atoms with E-state index < -0.39 is 15.6 Å². The molecule has 148 valence electrons. The molecule has 0 aliphatic heterocycles. The molecule has 0 amide bonds. The van der Waals surface area contributed by atoms with Gasteiger partial charge in [0.15, 0.2) is 5.96 Å². The number of guanidine groups is 1. The standard InChI is InChI=1S/C18H33N5O2S/c1-6-23(16-11-8-7-9-12-16)14-10-13-20-17(19-4)21-15-18(2,3)22-26(5,24)25/h7-9,11-12,22H,6,10,13-15H2,1-5H3,(H2,19,20,21). The summed E-state index contributed by atoms with van der Waals surface area (Å²) >= 11 is 0. The van der Waals surface area contributed by atoms with E-state index in [4.69, 9.17) is 0 Å². The van der Waals surface area contributed by atoms with Crippen LogP contribution >= 0.6 is 0 Å². The van der Waals surface area contributed by atoms with Gasteiger partial charge in [-0.15, -0.1) is 0 Å². The second-order valence-electron chi connectivity index (χ2n) is 6.88. The lowest BCUT2D eigenvalue weighted by Crippen LogP contribution is -2.53. The van der Waals surface area contributed by atoms with E-state index in [2.05, 4.69) is 44.3 Å². The summed E-state index contributed by atoms with van der Waals surface area (Å²) in [5, 5.41) is 6.44. The van der Waals surface area contributed by atoms with Crippen LogP contribution in [0.3, 0.4) is 0 Å². The summed E-state index contributed by atoms with van der Waals surface area (Å²) in [5.74, 6) is 0.663. The van der Waals surface area contributed by atoms with Gasteiger partial charge in [0.2, 0.25) is 10.0 Å². The van der Waals surface area contributed by atoms with E-state index >= 15 is 0 Å². The largest absolute Gasteiger partial charge is 0.372 e. The van der Waals surface area contributed by atoms with Crippen molar-refractivity contribution >= 4 is 21.7 Å². The molecule has 0 unspecified atom stereocenters. The zero-order valence-corrected chi connectivity index (χ0v) is 17.4. The molecule has 0 saturated heterocycles. The lowest BCUT2D eigenvalue weighted by Gasteiger charge is -2.26. The van der Waals surface area contributed by atoms with Crippen molar-refractivity contribution in [2.45, 2.75) is 32.7 Å². The molecule has 0 aromatic heterocycles. The van der Waals surface area contributed by atoms with E-state index in [1.54, 1.807) is 7.05 Å². The van der Waals surface area contributed by atoms with Crippen molar-refractivity contribution in [1.29, 1.82) is 0 Å². The predicted molar refractivity (Wildman–Crippen MR) is 110 cm³/mol. The summed E-state index contributed by atoms with van der Waals surface area (Å²) in [5.41, 5.74) is 0.628. The highest BCUT2D eigenvalue weighted by Gasteiger charge is 2.22. The van der Waals surface area contributed by atoms with Crippen molar-refractivity contribution in [2.24, 2.45) is 4.99 Å². The summed E-state index contributed by atoms with van der Waals surface area (Å²) in [6.07, 6.45) is 2.13. The van der Waals surface area contributed by atoms with Gasteiger partial charge < -0.3 is 15.5 Å². The van der Waals surface area contributed by atoms with E-state index in [-0.39, 0.29) is 0 Å². The Hall–Kier alpha value is -1.80. The molecule has 0 heterocycles. The second-order valence-corrected chi connectivity index (χ2v) is 8.63. The zero-order chi connectivity index (χ0) is 19.6. The molecule has 7 nitrogen and oxygen atoms in total. The minimum Gasteiger partial charge on any atom is -0.372 e. The molecule has 1 rings (SSSR count). The fourth-order valence-corrected chi connectivity index (χ4v) is 3.72. The van der Waals surface area contributed by atoms with Crippen LogP contribution in [0.25, 0.3) is 0 Å². The molecule has 3 N–H and O–H groups in total. The third-order valence-corrected chi connectivity index (χ3v) is 4.71. The highest BCUT2D eigenvalue weighted by molar-refractivity contribution is 7.88. The average Bonchev–Trinajstić information content (AvgIpc) is 2.56. The predicted octanol–water partition coefficient (Wildman–Crippen LogP) is 1.40. The fraction of sp³-hybridized carbons (Fsp3) is 0.611. The maximum Gasteiger partial charge on any atom is 0.209 e. The number of sulfonamides is 1. The van der Waals surface area contributed by atoms with E-state index in [1.807, 2.05) is 32.0 Å². The minimum absolute atomic E-state index is 0.435. The van der Waals surface area contributed by atoms with Crippen molar-refractivity contribution < 1.29 is 8.42 Å². The van der Waals surface area contributed by atoms with Crippen molar-refractivity contribution in [3.05, 3.63) is 30.3 Å². The Bertz CT molecular complexity index is 659. The van der Waals surface area contributed by atoms with Crippen LogP contribution in [0.1, 0.15) is 27.2 Å². The average molecular weight is 384 g/mol. The van der Waals surface area contributed by atoms with E-state index in [9.17, 15) is 8.42 Å². The van der Waals surface area contributed by atoms with Gasteiger partial charge >= 0.3 is 0 Å². The van der Waals surface area contributed by atoms with E-state index in [0.29, 0.717) is 12.5 Å². The number of aliphatic imine (C=N–C) groups is 1. The highest BCUT2D eigenvalue weighted by atomic mass is 32.2. The normalized spacial score (nSPS) is 12.7. The minimum atomic E-state index is -3.25. The van der Waals surface area contributed by atoms with Crippen molar-refractivity contribution in [1.82, 2.24) is 15.4 Å². The summed E-state index contributed by atoms with van der Waals surface area (Å²) in [6, 6.07) is 10.4. The molecule has 0 aliphatic carbocycles. The van der Waals surface area contributed by atoms with Crippen LogP contribution in [-0.2, 0) is 10.0 Å². The maximum absolute atomic E-state index is 11.4. The van der Waals surface area contributed by atoms with Gasteiger partial charge in [-0.05, 0) is 39.3 Å². The molecule has 0 fully saturated rings. The van der Waals surface area contributed by atoms with E-state index in [1.165, 1.54) is 5.69 Å². The Balaban J connectivity index is 2.38. The van der Waals surface area contributed by atoms with Crippen LogP contribution in [-0.4, -0.2) is 59.4 Å². The lowest BCUT2D eigenvalue weighted by atomic mass is 10.1. The van der Waals surface area contributed by atoms with Gasteiger partial charge in [-0.25, -0.2) is 13.1 Å². The molecule has 0 saturated carbocycles. The summed E-state index contributed by atoms with van der Waals surface area (Å²) < 4.78 is 25.4. The van der Waals surface area contributed by atoms with Crippen molar-refractivity contribution in [3.8, 4) is 0 Å². The first-order valence-electron chi connectivity index (χ1n) is 8.90. The zero-order valence-electron chi connectivity index (χ0n) is 16.5. The van der Waals surface area contributed by atoms with Crippen LogP contribution in [0.4, 0.5) is 5.69 Å². The monoisotopic (exact) mass is 383 g/mol. The first-order valence-corrected chi connectivity index (χ1v) is 10.8. The summed E-state index contributed by atoms with van der Waals surface area (Å²) in [6.45, 7) is 8.93. The Morgan fingerprint density at radius 2 is 1.85 bits per heavy atom. The van der Waals surface area contributed by atoms with E-state index in [0.717, 1.165) is 32.3 Å². The van der Waals surface area contributed by atoms with Gasteiger partial charge in [0.05, 0.1) is 6.26 Å². The Labute approximate surface area is 158 Å². The van der Waals surface area contributed by atoms with Crippen LogP contribution in [0.15, 0.2) is 35.3 Å². The lowest BCUT2D eigenvalue weighted by molar-refractivity contribution is 0.446. The number of hydrogen-bond donors (Lipinski definition) is 3. The molecular formula is C18H33N5O2S. The number of para-hydroxylation sites is 1. The topological polar surface area (TPSA) is 85.8 Å². The molecule has 0 spiro atoms. The van der Waals surface area contributed by atoms with Gasteiger partial charge in [-0.3, -0.25) is 4.99 Å². The first-order chi connectivity index (χ1) is 12.2. The third-order valence-electron chi connectivity index (χ3n) is 3.78. The van der Waals surface area contributed by atoms with Crippen LogP contribution in [0.2, 0.25) is 0 Å². The summed E-state index contributed by atoms with van der Waals surface area (Å²) in [7, 11) is -1.55. The second kappa shape index (κ2) is 10.4. The molecule has 8 heteroatoms. The van der Waals surface area contributed by atoms with Gasteiger partial charge in [0, 0.05) is 44.5 Å². The van der Waals surface area contributed by atoms with Gasteiger partial charge in [-0.1, -0.05) is 18.2 Å².